The molecule has 5 nitrogen and oxygen atoms in total. The van der Waals surface area contributed by atoms with E-state index in [2.05, 4.69) is 4.98 Å². The van der Waals surface area contributed by atoms with Gasteiger partial charge in [-0.2, -0.15) is 0 Å². The molecule has 1 saturated heterocycles. The van der Waals surface area contributed by atoms with Crippen molar-refractivity contribution in [2.24, 2.45) is 0 Å². The molecule has 2 atom stereocenters. The average Bonchev–Trinajstić information content (AvgIpc) is 3.10. The minimum Gasteiger partial charge on any atom is -0.394 e. The Morgan fingerprint density at radius 3 is 2.80 bits per heavy atom. The second kappa shape index (κ2) is 5.32. The maximum absolute atomic E-state index is 13.1. The number of hydrogen-bond donors (Lipinski definition) is 1. The molecule has 3 rings (SSSR count). The van der Waals surface area contributed by atoms with Gasteiger partial charge in [-0.25, -0.2) is 9.37 Å². The molecule has 2 aromatic rings. The van der Waals surface area contributed by atoms with E-state index in [4.69, 9.17) is 9.47 Å². The highest BCUT2D eigenvalue weighted by Gasteiger charge is 2.43. The van der Waals surface area contributed by atoms with Gasteiger partial charge in [-0.3, -0.25) is 0 Å². The molecule has 0 spiro atoms. The Labute approximate surface area is 115 Å². The summed E-state index contributed by atoms with van der Waals surface area (Å²) >= 11 is 0. The third kappa shape index (κ3) is 2.45. The summed E-state index contributed by atoms with van der Waals surface area (Å²) in [6.45, 7) is 0.560. The van der Waals surface area contributed by atoms with Crippen molar-refractivity contribution in [3.63, 3.8) is 0 Å². The Morgan fingerprint density at radius 1 is 1.40 bits per heavy atom. The van der Waals surface area contributed by atoms with Crippen LogP contribution in [0.15, 0.2) is 43.0 Å². The molecule has 2 heterocycles. The smallest absolute Gasteiger partial charge is 0.214 e. The largest absolute Gasteiger partial charge is 0.394 e. The van der Waals surface area contributed by atoms with Gasteiger partial charge in [0.1, 0.15) is 11.9 Å². The third-order valence-electron chi connectivity index (χ3n) is 3.30. The third-order valence-corrected chi connectivity index (χ3v) is 3.30. The molecule has 20 heavy (non-hydrogen) atoms. The zero-order chi connectivity index (χ0) is 14.0. The lowest BCUT2D eigenvalue weighted by atomic mass is 10.1. The molecule has 1 aliphatic heterocycles. The summed E-state index contributed by atoms with van der Waals surface area (Å²) in [6, 6.07) is 5.99. The quantitative estimate of drug-likeness (QED) is 0.915. The second-order valence-electron chi connectivity index (χ2n) is 4.73. The maximum atomic E-state index is 13.1. The van der Waals surface area contributed by atoms with Crippen LogP contribution in [-0.2, 0) is 21.8 Å². The molecule has 6 heteroatoms. The fraction of sp³-hybridized carbons (Fsp3) is 0.357. The van der Waals surface area contributed by atoms with E-state index in [9.17, 15) is 9.50 Å². The predicted octanol–water partition coefficient (Wildman–Crippen LogP) is 1.28. The lowest BCUT2D eigenvalue weighted by Gasteiger charge is -2.28. The van der Waals surface area contributed by atoms with Gasteiger partial charge >= 0.3 is 0 Å². The fourth-order valence-electron chi connectivity index (χ4n) is 2.30. The van der Waals surface area contributed by atoms with Gasteiger partial charge < -0.3 is 19.1 Å². The van der Waals surface area contributed by atoms with Crippen molar-refractivity contribution in [2.45, 2.75) is 18.4 Å². The van der Waals surface area contributed by atoms with Gasteiger partial charge in [0.25, 0.3) is 0 Å². The molecule has 0 unspecified atom stereocenters. The first-order valence-electron chi connectivity index (χ1n) is 6.36. The number of aliphatic hydroxyl groups is 1. The van der Waals surface area contributed by atoms with Crippen molar-refractivity contribution in [1.29, 1.82) is 0 Å². The molecule has 0 radical (unpaired) electrons. The average molecular weight is 278 g/mol. The topological polar surface area (TPSA) is 56.5 Å². The van der Waals surface area contributed by atoms with Crippen LogP contribution in [0.1, 0.15) is 5.56 Å². The number of nitrogens with zero attached hydrogens (tertiary/aromatic N) is 2. The van der Waals surface area contributed by atoms with Gasteiger partial charge in [0.05, 0.1) is 26.1 Å². The molecule has 1 aromatic heterocycles. The molecule has 0 saturated carbocycles. The number of aromatic nitrogens is 2. The van der Waals surface area contributed by atoms with Crippen molar-refractivity contribution >= 4 is 0 Å². The summed E-state index contributed by atoms with van der Waals surface area (Å²) in [6.07, 6.45) is 4.73. The van der Waals surface area contributed by atoms with Crippen LogP contribution in [-0.4, -0.2) is 34.0 Å². The van der Waals surface area contributed by atoms with E-state index in [0.29, 0.717) is 18.7 Å². The van der Waals surface area contributed by atoms with E-state index >= 15 is 0 Å². The molecule has 106 valence electrons. The molecule has 1 N–H and O–H groups in total. The van der Waals surface area contributed by atoms with Gasteiger partial charge in [-0.1, -0.05) is 12.1 Å². The number of benzene rings is 1. The number of imidazole rings is 1. The van der Waals surface area contributed by atoms with E-state index in [0.717, 1.165) is 0 Å². The van der Waals surface area contributed by atoms with Gasteiger partial charge in [-0.05, 0) is 12.1 Å². The van der Waals surface area contributed by atoms with Crippen LogP contribution >= 0.6 is 0 Å². The van der Waals surface area contributed by atoms with E-state index in [1.165, 1.54) is 12.1 Å². The molecule has 0 aliphatic carbocycles. The Kier molecular flexibility index (Phi) is 3.52. The Balaban J connectivity index is 1.93. The summed E-state index contributed by atoms with van der Waals surface area (Å²) in [5.74, 6) is -1.34. The normalized spacial score (nSPS) is 26.0. The Morgan fingerprint density at radius 2 is 2.20 bits per heavy atom. The second-order valence-corrected chi connectivity index (χ2v) is 4.73. The Hall–Kier alpha value is -1.76. The van der Waals surface area contributed by atoms with Crippen LogP contribution in [0.2, 0.25) is 0 Å². The zero-order valence-corrected chi connectivity index (χ0v) is 10.8. The SMILES string of the molecule is OC[C@H]1CO[C@](Cn2ccnc2)(c2ccc(F)cc2)O1. The van der Waals surface area contributed by atoms with Crippen LogP contribution in [0, 0.1) is 5.82 Å². The maximum Gasteiger partial charge on any atom is 0.214 e. The lowest BCUT2D eigenvalue weighted by molar-refractivity contribution is -0.190. The highest BCUT2D eigenvalue weighted by atomic mass is 19.1. The predicted molar refractivity (Wildman–Crippen MR) is 68.2 cm³/mol. The van der Waals surface area contributed by atoms with Gasteiger partial charge in [0.2, 0.25) is 5.79 Å². The van der Waals surface area contributed by atoms with Crippen LogP contribution < -0.4 is 0 Å². The first-order valence-corrected chi connectivity index (χ1v) is 6.36. The standard InChI is InChI=1S/C14H15FN2O3/c15-12-3-1-11(2-4-12)14(9-17-6-5-16-10-17)19-8-13(7-18)20-14/h1-6,10,13,18H,7-9H2/t13-,14-/m0/s1. The molecular weight excluding hydrogens is 263 g/mol. The van der Waals surface area contributed by atoms with E-state index in [1.807, 2.05) is 4.57 Å². The highest BCUT2D eigenvalue weighted by molar-refractivity contribution is 5.22. The van der Waals surface area contributed by atoms with Gasteiger partial charge in [0.15, 0.2) is 0 Å². The van der Waals surface area contributed by atoms with Gasteiger partial charge in [-0.15, -0.1) is 0 Å². The summed E-state index contributed by atoms with van der Waals surface area (Å²) < 4.78 is 26.5. The molecule has 0 bridgehead atoms. The first kappa shape index (κ1) is 13.2. The lowest BCUT2D eigenvalue weighted by Crippen LogP contribution is -2.33. The summed E-state index contributed by atoms with van der Waals surface area (Å²) in [7, 11) is 0. The zero-order valence-electron chi connectivity index (χ0n) is 10.8. The molecule has 1 aromatic carbocycles. The molecule has 1 fully saturated rings. The number of rotatable bonds is 4. The summed E-state index contributed by atoms with van der Waals surface area (Å²) in [5, 5.41) is 9.23. The van der Waals surface area contributed by atoms with Crippen molar-refractivity contribution in [3.05, 3.63) is 54.4 Å². The first-order chi connectivity index (χ1) is 9.72. The van der Waals surface area contributed by atoms with Crippen LogP contribution in [0.4, 0.5) is 4.39 Å². The van der Waals surface area contributed by atoms with Crippen LogP contribution in [0.5, 0.6) is 0 Å². The number of hydrogen-bond acceptors (Lipinski definition) is 4. The number of ether oxygens (including phenoxy) is 2. The summed E-state index contributed by atoms with van der Waals surface area (Å²) in [4.78, 5) is 3.98. The minimum absolute atomic E-state index is 0.118. The highest BCUT2D eigenvalue weighted by Crippen LogP contribution is 2.36. The summed E-state index contributed by atoms with van der Waals surface area (Å²) in [5.41, 5.74) is 0.712. The monoisotopic (exact) mass is 278 g/mol. The van der Waals surface area contributed by atoms with E-state index in [1.54, 1.807) is 30.9 Å². The van der Waals surface area contributed by atoms with E-state index < -0.39 is 5.79 Å². The minimum atomic E-state index is -1.03. The van der Waals surface area contributed by atoms with Crippen LogP contribution in [0.25, 0.3) is 0 Å². The number of aliphatic hydroxyl groups excluding tert-OH is 1. The Bertz CT molecular complexity index is 558. The fourth-order valence-corrected chi connectivity index (χ4v) is 2.30. The number of halogens is 1. The van der Waals surface area contributed by atoms with Crippen molar-refractivity contribution in [3.8, 4) is 0 Å². The van der Waals surface area contributed by atoms with Crippen molar-refractivity contribution in [2.75, 3.05) is 13.2 Å². The molecular formula is C14H15FN2O3. The molecule has 1 aliphatic rings. The van der Waals surface area contributed by atoms with Crippen molar-refractivity contribution < 1.29 is 19.0 Å². The van der Waals surface area contributed by atoms with Gasteiger partial charge in [0, 0.05) is 18.0 Å². The van der Waals surface area contributed by atoms with Crippen LogP contribution in [0.3, 0.4) is 0 Å². The van der Waals surface area contributed by atoms with Crippen molar-refractivity contribution in [1.82, 2.24) is 9.55 Å². The molecule has 0 amide bonds. The van der Waals surface area contributed by atoms with E-state index in [-0.39, 0.29) is 18.5 Å².